The zero-order valence-electron chi connectivity index (χ0n) is 12.5. The molecule has 2 fully saturated rings. The van der Waals surface area contributed by atoms with Crippen LogP contribution in [0, 0.1) is 0 Å². The molecule has 0 atom stereocenters. The maximum Gasteiger partial charge on any atom is 0.282 e. The summed E-state index contributed by atoms with van der Waals surface area (Å²) in [6.45, 7) is 2.85. The molecule has 22 heavy (non-hydrogen) atoms. The Kier molecular flexibility index (Phi) is 4.82. The van der Waals surface area contributed by atoms with E-state index in [9.17, 15) is 9.59 Å². The summed E-state index contributed by atoms with van der Waals surface area (Å²) in [7, 11) is 0. The van der Waals surface area contributed by atoms with E-state index in [1.165, 1.54) is 31.0 Å². The van der Waals surface area contributed by atoms with Crippen LogP contribution in [0.4, 0.5) is 16.3 Å². The third-order valence-electron chi connectivity index (χ3n) is 3.89. The smallest absolute Gasteiger partial charge is 0.282 e. The fraction of sp³-hybridized carbons (Fsp3) is 0.533. The number of carbonyl (C=O) groups is 2. The third kappa shape index (κ3) is 3.71. The number of carbonyl (C=O) groups excluding carboxylic acids is 2. The van der Waals surface area contributed by atoms with E-state index in [1.54, 1.807) is 11.1 Å². The molecule has 3 heterocycles. The molecule has 0 aliphatic carbocycles. The minimum absolute atomic E-state index is 0.0197. The van der Waals surface area contributed by atoms with Crippen molar-refractivity contribution in [2.45, 2.75) is 19.3 Å². The minimum atomic E-state index is -0.177. The van der Waals surface area contributed by atoms with Gasteiger partial charge in [0.2, 0.25) is 5.91 Å². The average Bonchev–Trinajstić information content (AvgIpc) is 2.94. The Morgan fingerprint density at radius 3 is 2.68 bits per heavy atom. The fourth-order valence-corrected chi connectivity index (χ4v) is 3.54. The maximum absolute atomic E-state index is 11.9. The second-order valence-corrected chi connectivity index (χ2v) is 6.58. The van der Waals surface area contributed by atoms with E-state index in [0.29, 0.717) is 12.2 Å². The number of amides is 2. The highest BCUT2D eigenvalue weighted by atomic mass is 32.2. The molecule has 1 aromatic rings. The first kappa shape index (κ1) is 15.1. The lowest BCUT2D eigenvalue weighted by molar-refractivity contribution is -0.116. The van der Waals surface area contributed by atoms with E-state index in [0.717, 1.165) is 24.7 Å². The van der Waals surface area contributed by atoms with Crippen molar-refractivity contribution in [2.75, 3.05) is 42.1 Å². The number of nitrogens with one attached hydrogen (secondary N) is 1. The molecule has 2 aliphatic rings. The van der Waals surface area contributed by atoms with Crippen molar-refractivity contribution in [1.29, 1.82) is 0 Å². The number of aromatic nitrogens is 1. The summed E-state index contributed by atoms with van der Waals surface area (Å²) in [5.41, 5.74) is 0.671. The number of thioether (sulfide) groups is 1. The van der Waals surface area contributed by atoms with Gasteiger partial charge in [0, 0.05) is 25.4 Å². The Bertz CT molecular complexity index is 543. The zero-order valence-corrected chi connectivity index (χ0v) is 13.3. The molecule has 118 valence electrons. The van der Waals surface area contributed by atoms with E-state index in [-0.39, 0.29) is 17.7 Å². The highest BCUT2D eigenvalue weighted by Crippen LogP contribution is 2.19. The summed E-state index contributed by atoms with van der Waals surface area (Å²) >= 11 is 1.26. The molecule has 0 unspecified atom stereocenters. The van der Waals surface area contributed by atoms with Crippen LogP contribution in [0.1, 0.15) is 19.3 Å². The van der Waals surface area contributed by atoms with Crippen LogP contribution in [0.2, 0.25) is 0 Å². The van der Waals surface area contributed by atoms with Crippen molar-refractivity contribution in [2.24, 2.45) is 0 Å². The van der Waals surface area contributed by atoms with Gasteiger partial charge in [0.15, 0.2) is 0 Å². The molecule has 1 N–H and O–H groups in total. The van der Waals surface area contributed by atoms with Gasteiger partial charge >= 0.3 is 0 Å². The third-order valence-corrected chi connectivity index (χ3v) is 4.78. The molecule has 0 saturated carbocycles. The first-order chi connectivity index (χ1) is 10.7. The summed E-state index contributed by atoms with van der Waals surface area (Å²) in [6.07, 6.45) is 5.39. The number of pyridine rings is 1. The predicted molar refractivity (Wildman–Crippen MR) is 88.4 cm³/mol. The van der Waals surface area contributed by atoms with Crippen molar-refractivity contribution < 1.29 is 9.59 Å². The molecule has 3 rings (SSSR count). The Morgan fingerprint density at radius 2 is 2.05 bits per heavy atom. The highest BCUT2D eigenvalue weighted by Gasteiger charge is 2.23. The van der Waals surface area contributed by atoms with Gasteiger partial charge in [-0.2, -0.15) is 0 Å². The molecular weight excluding hydrogens is 300 g/mol. The first-order valence-electron chi connectivity index (χ1n) is 7.65. The quantitative estimate of drug-likeness (QED) is 0.921. The van der Waals surface area contributed by atoms with Crippen LogP contribution in [-0.4, -0.2) is 53.0 Å². The van der Waals surface area contributed by atoms with Crippen LogP contribution < -0.4 is 10.2 Å². The number of nitrogens with zero attached hydrogens (tertiary/aromatic N) is 3. The highest BCUT2D eigenvalue weighted by molar-refractivity contribution is 8.13. The van der Waals surface area contributed by atoms with Crippen molar-refractivity contribution in [1.82, 2.24) is 9.88 Å². The minimum Gasteiger partial charge on any atom is -0.357 e. The van der Waals surface area contributed by atoms with Gasteiger partial charge in [0.1, 0.15) is 12.4 Å². The van der Waals surface area contributed by atoms with Gasteiger partial charge in [-0.1, -0.05) is 11.8 Å². The van der Waals surface area contributed by atoms with Gasteiger partial charge in [0.05, 0.1) is 11.9 Å². The number of hydrogen-bond donors (Lipinski definition) is 1. The predicted octanol–water partition coefficient (Wildman–Crippen LogP) is 2.18. The number of anilines is 2. The molecule has 6 nitrogen and oxygen atoms in total. The van der Waals surface area contributed by atoms with Crippen LogP contribution >= 0.6 is 11.8 Å². The number of piperidine rings is 1. The van der Waals surface area contributed by atoms with Crippen molar-refractivity contribution in [3.63, 3.8) is 0 Å². The summed E-state index contributed by atoms with van der Waals surface area (Å²) in [5, 5.41) is 2.78. The fourth-order valence-electron chi connectivity index (χ4n) is 2.71. The molecule has 0 spiro atoms. The standard InChI is InChI=1S/C15H20N4O2S/c20-14(11-19-8-9-22-15(19)21)17-12-4-5-13(16-10-12)18-6-2-1-3-7-18/h4-5,10H,1-3,6-9,11H2,(H,17,20). The Labute approximate surface area is 134 Å². The SMILES string of the molecule is O=C(CN1CCSC1=O)Nc1ccc(N2CCCCC2)nc1. The first-order valence-corrected chi connectivity index (χ1v) is 8.63. The normalized spacial score (nSPS) is 18.6. The molecular formula is C15H20N4O2S. The maximum atomic E-state index is 11.9. The average molecular weight is 320 g/mol. The lowest BCUT2D eigenvalue weighted by Crippen LogP contribution is -2.33. The van der Waals surface area contributed by atoms with Crippen LogP contribution in [0.3, 0.4) is 0 Å². The van der Waals surface area contributed by atoms with Gasteiger partial charge in [-0.05, 0) is 31.4 Å². The van der Waals surface area contributed by atoms with E-state index < -0.39 is 0 Å². The zero-order chi connectivity index (χ0) is 15.4. The van der Waals surface area contributed by atoms with Crippen LogP contribution in [0.5, 0.6) is 0 Å². The van der Waals surface area contributed by atoms with Crippen LogP contribution in [-0.2, 0) is 4.79 Å². The van der Waals surface area contributed by atoms with Gasteiger partial charge in [-0.15, -0.1) is 0 Å². The lowest BCUT2D eigenvalue weighted by Gasteiger charge is -2.27. The van der Waals surface area contributed by atoms with Gasteiger partial charge in [-0.3, -0.25) is 9.59 Å². The van der Waals surface area contributed by atoms with E-state index in [4.69, 9.17) is 0 Å². The topological polar surface area (TPSA) is 65.5 Å². The summed E-state index contributed by atoms with van der Waals surface area (Å²) < 4.78 is 0. The monoisotopic (exact) mass is 320 g/mol. The van der Waals surface area contributed by atoms with Crippen LogP contribution in [0.25, 0.3) is 0 Å². The number of rotatable bonds is 4. The summed E-state index contributed by atoms with van der Waals surface area (Å²) in [5.74, 6) is 1.55. The molecule has 2 amide bonds. The van der Waals surface area contributed by atoms with Gasteiger partial charge < -0.3 is 15.1 Å². The van der Waals surface area contributed by atoms with Gasteiger partial charge in [0.25, 0.3) is 5.24 Å². The van der Waals surface area contributed by atoms with E-state index in [2.05, 4.69) is 15.2 Å². The summed E-state index contributed by atoms with van der Waals surface area (Å²) in [6, 6.07) is 3.81. The second kappa shape index (κ2) is 7.00. The van der Waals surface area contributed by atoms with Crippen molar-refractivity contribution in [3.05, 3.63) is 18.3 Å². The second-order valence-electron chi connectivity index (χ2n) is 5.54. The van der Waals surface area contributed by atoms with Crippen molar-refractivity contribution in [3.8, 4) is 0 Å². The Balaban J connectivity index is 1.54. The molecule has 1 aromatic heterocycles. The molecule has 2 aliphatic heterocycles. The van der Waals surface area contributed by atoms with Crippen LogP contribution in [0.15, 0.2) is 18.3 Å². The van der Waals surface area contributed by atoms with Gasteiger partial charge in [-0.25, -0.2) is 4.98 Å². The Morgan fingerprint density at radius 1 is 1.23 bits per heavy atom. The molecule has 7 heteroatoms. The number of hydrogen-bond acceptors (Lipinski definition) is 5. The summed E-state index contributed by atoms with van der Waals surface area (Å²) in [4.78, 5) is 31.7. The van der Waals surface area contributed by atoms with E-state index in [1.807, 2.05) is 12.1 Å². The molecule has 0 bridgehead atoms. The largest absolute Gasteiger partial charge is 0.357 e. The van der Waals surface area contributed by atoms with Crippen molar-refractivity contribution >= 4 is 34.4 Å². The Hall–Kier alpha value is -1.76. The van der Waals surface area contributed by atoms with E-state index >= 15 is 0 Å². The lowest BCUT2D eigenvalue weighted by atomic mass is 10.1. The molecule has 0 radical (unpaired) electrons. The molecule has 2 saturated heterocycles. The molecule has 0 aromatic carbocycles.